The van der Waals surface area contributed by atoms with Crippen LogP contribution in [-0.2, 0) is 18.9 Å². The van der Waals surface area contributed by atoms with Crippen LogP contribution in [0.15, 0.2) is 4.99 Å². The normalized spacial score (nSPS) is 22.2. The van der Waals surface area contributed by atoms with Gasteiger partial charge in [0.1, 0.15) is 0 Å². The molecule has 1 N–H and O–H groups in total. The number of methoxy groups -OCH3 is 1. The molecule has 0 aromatic carbocycles. The summed E-state index contributed by atoms with van der Waals surface area (Å²) in [5.41, 5.74) is 0. The predicted molar refractivity (Wildman–Crippen MR) is 103 cm³/mol. The van der Waals surface area contributed by atoms with Crippen LogP contribution in [0.3, 0.4) is 0 Å². The van der Waals surface area contributed by atoms with Gasteiger partial charge < -0.3 is 29.2 Å². The van der Waals surface area contributed by atoms with Crippen LogP contribution >= 0.6 is 0 Å². The lowest BCUT2D eigenvalue weighted by molar-refractivity contribution is 0.0203. The molecule has 0 saturated carbocycles. The second-order valence-electron chi connectivity index (χ2n) is 7.13. The van der Waals surface area contributed by atoms with E-state index in [1.165, 1.54) is 0 Å². The lowest BCUT2D eigenvalue weighted by Gasteiger charge is -2.23. The second-order valence-corrected chi connectivity index (χ2v) is 7.13. The number of likely N-dealkylation sites (tertiary alicyclic amines) is 1. The van der Waals surface area contributed by atoms with E-state index in [1.807, 2.05) is 7.05 Å². The number of guanidine groups is 1. The number of aliphatic imine (C=N–C) groups is 1. The molecule has 2 rings (SSSR count). The van der Waals surface area contributed by atoms with Gasteiger partial charge in [-0.2, -0.15) is 0 Å². The highest BCUT2D eigenvalue weighted by Crippen LogP contribution is 2.17. The van der Waals surface area contributed by atoms with E-state index >= 15 is 0 Å². The zero-order chi connectivity index (χ0) is 18.5. The molecule has 2 heterocycles. The van der Waals surface area contributed by atoms with Crippen molar-refractivity contribution >= 4 is 5.96 Å². The van der Waals surface area contributed by atoms with E-state index in [2.05, 4.69) is 15.2 Å². The van der Waals surface area contributed by atoms with Gasteiger partial charge in [0.25, 0.3) is 0 Å². The van der Waals surface area contributed by atoms with Crippen LogP contribution in [-0.4, -0.2) is 90.9 Å². The first-order valence-corrected chi connectivity index (χ1v) is 10.0. The zero-order valence-corrected chi connectivity index (χ0v) is 16.6. The molecule has 0 bridgehead atoms. The zero-order valence-electron chi connectivity index (χ0n) is 16.6. The predicted octanol–water partition coefficient (Wildman–Crippen LogP) is 1.38. The van der Waals surface area contributed by atoms with Crippen molar-refractivity contribution in [1.29, 1.82) is 0 Å². The first-order chi connectivity index (χ1) is 12.8. The Morgan fingerprint density at radius 2 is 1.85 bits per heavy atom. The fraction of sp³-hybridized carbons (Fsp3) is 0.947. The molecular weight excluding hydrogens is 334 g/mol. The molecule has 0 aromatic rings. The third-order valence-electron chi connectivity index (χ3n) is 5.03. The molecule has 2 aliphatic rings. The van der Waals surface area contributed by atoms with Crippen LogP contribution < -0.4 is 5.32 Å². The highest BCUT2D eigenvalue weighted by atomic mass is 16.5. The van der Waals surface area contributed by atoms with E-state index < -0.39 is 0 Å². The van der Waals surface area contributed by atoms with E-state index in [0.717, 1.165) is 84.3 Å². The maximum absolute atomic E-state index is 5.82. The van der Waals surface area contributed by atoms with E-state index in [1.54, 1.807) is 7.11 Å². The van der Waals surface area contributed by atoms with Gasteiger partial charge in [-0.25, -0.2) is 0 Å². The minimum absolute atomic E-state index is 0.577. The molecule has 7 nitrogen and oxygen atoms in total. The third-order valence-corrected chi connectivity index (χ3v) is 5.03. The molecule has 1 unspecified atom stereocenters. The van der Waals surface area contributed by atoms with Crippen LogP contribution in [0, 0.1) is 11.8 Å². The van der Waals surface area contributed by atoms with Crippen molar-refractivity contribution < 1.29 is 18.9 Å². The van der Waals surface area contributed by atoms with E-state index in [4.69, 9.17) is 18.9 Å². The highest BCUT2D eigenvalue weighted by molar-refractivity contribution is 5.80. The van der Waals surface area contributed by atoms with Crippen LogP contribution in [0.25, 0.3) is 0 Å². The Morgan fingerprint density at radius 3 is 2.62 bits per heavy atom. The molecule has 2 fully saturated rings. The van der Waals surface area contributed by atoms with Gasteiger partial charge in [-0.3, -0.25) is 4.99 Å². The summed E-state index contributed by atoms with van der Waals surface area (Å²) in [6.07, 6.45) is 4.42. The van der Waals surface area contributed by atoms with Gasteiger partial charge in [-0.15, -0.1) is 0 Å². The van der Waals surface area contributed by atoms with Gasteiger partial charge in [0.15, 0.2) is 5.96 Å². The Hall–Kier alpha value is -0.890. The first kappa shape index (κ1) is 21.4. The van der Waals surface area contributed by atoms with Gasteiger partial charge in [0, 0.05) is 66.1 Å². The number of nitrogens with zero attached hydrogens (tertiary/aromatic N) is 2. The molecule has 2 saturated heterocycles. The number of nitrogens with one attached hydrogen (secondary N) is 1. The molecule has 0 radical (unpaired) electrons. The summed E-state index contributed by atoms with van der Waals surface area (Å²) in [5.74, 6) is 2.25. The standard InChI is InChI=1S/C19H37N3O4/c1-20-19(22-8-4-18(14-22)16-26-13-12-23-2)21-7-3-9-25-15-17-5-10-24-11-6-17/h17-18H,3-16H2,1-2H3,(H,20,21). The molecule has 0 aromatic heterocycles. The quantitative estimate of drug-likeness (QED) is 0.336. The van der Waals surface area contributed by atoms with Gasteiger partial charge in [0.2, 0.25) is 0 Å². The maximum atomic E-state index is 5.82. The van der Waals surface area contributed by atoms with Gasteiger partial charge in [-0.1, -0.05) is 0 Å². The van der Waals surface area contributed by atoms with Crippen molar-refractivity contribution in [2.45, 2.75) is 25.7 Å². The summed E-state index contributed by atoms with van der Waals surface area (Å²) < 4.78 is 21.9. The van der Waals surface area contributed by atoms with Crippen molar-refractivity contribution in [2.24, 2.45) is 16.8 Å². The Labute approximate surface area is 158 Å². The SMILES string of the molecule is CN=C(NCCCOCC1CCOCC1)N1CCC(COCCOC)C1. The smallest absolute Gasteiger partial charge is 0.193 e. The topological polar surface area (TPSA) is 64.6 Å². The average molecular weight is 372 g/mol. The largest absolute Gasteiger partial charge is 0.382 e. The minimum atomic E-state index is 0.577. The van der Waals surface area contributed by atoms with Crippen molar-refractivity contribution in [3.8, 4) is 0 Å². The molecule has 0 spiro atoms. The minimum Gasteiger partial charge on any atom is -0.382 e. The van der Waals surface area contributed by atoms with Gasteiger partial charge in [-0.05, 0) is 31.6 Å². The van der Waals surface area contributed by atoms with Crippen molar-refractivity contribution in [2.75, 3.05) is 80.0 Å². The lowest BCUT2D eigenvalue weighted by atomic mass is 10.0. The van der Waals surface area contributed by atoms with E-state index in [0.29, 0.717) is 25.0 Å². The number of ether oxygens (including phenoxy) is 4. The summed E-state index contributed by atoms with van der Waals surface area (Å²) in [5, 5.41) is 3.46. The lowest BCUT2D eigenvalue weighted by Crippen LogP contribution is -2.40. The fourth-order valence-electron chi connectivity index (χ4n) is 3.42. The Kier molecular flexibility index (Phi) is 11.0. The summed E-state index contributed by atoms with van der Waals surface area (Å²) in [4.78, 5) is 6.75. The monoisotopic (exact) mass is 371 g/mol. The number of hydrogen-bond acceptors (Lipinski definition) is 5. The van der Waals surface area contributed by atoms with Crippen molar-refractivity contribution in [3.05, 3.63) is 0 Å². The third kappa shape index (κ3) is 8.20. The first-order valence-electron chi connectivity index (χ1n) is 10.0. The fourth-order valence-corrected chi connectivity index (χ4v) is 3.42. The Morgan fingerprint density at radius 1 is 1.08 bits per heavy atom. The molecule has 2 aliphatic heterocycles. The van der Waals surface area contributed by atoms with Crippen LogP contribution in [0.2, 0.25) is 0 Å². The average Bonchev–Trinajstić information content (AvgIpc) is 3.14. The van der Waals surface area contributed by atoms with Crippen LogP contribution in [0.5, 0.6) is 0 Å². The molecule has 152 valence electrons. The second kappa shape index (κ2) is 13.3. The Balaban J connectivity index is 1.51. The molecule has 26 heavy (non-hydrogen) atoms. The molecule has 1 atom stereocenters. The summed E-state index contributed by atoms with van der Waals surface area (Å²) in [7, 11) is 3.55. The maximum Gasteiger partial charge on any atom is 0.193 e. The highest BCUT2D eigenvalue weighted by Gasteiger charge is 2.24. The number of hydrogen-bond donors (Lipinski definition) is 1. The van der Waals surface area contributed by atoms with Crippen molar-refractivity contribution in [3.63, 3.8) is 0 Å². The van der Waals surface area contributed by atoms with E-state index in [9.17, 15) is 0 Å². The van der Waals surface area contributed by atoms with Crippen LogP contribution in [0.4, 0.5) is 0 Å². The summed E-state index contributed by atoms with van der Waals surface area (Å²) in [6, 6.07) is 0. The van der Waals surface area contributed by atoms with Crippen molar-refractivity contribution in [1.82, 2.24) is 10.2 Å². The Bertz CT molecular complexity index is 389. The van der Waals surface area contributed by atoms with Gasteiger partial charge >= 0.3 is 0 Å². The molecular formula is C19H37N3O4. The molecule has 0 aliphatic carbocycles. The van der Waals surface area contributed by atoms with Crippen LogP contribution in [0.1, 0.15) is 25.7 Å². The number of rotatable bonds is 11. The summed E-state index contributed by atoms with van der Waals surface area (Å²) in [6.45, 7) is 8.53. The van der Waals surface area contributed by atoms with Gasteiger partial charge in [0.05, 0.1) is 19.8 Å². The molecule has 7 heteroatoms. The summed E-state index contributed by atoms with van der Waals surface area (Å²) >= 11 is 0. The van der Waals surface area contributed by atoms with E-state index in [-0.39, 0.29) is 0 Å². The molecule has 0 amide bonds.